The SMILES string of the molecule is CC(=O)c1ccc(N2CCOCC2)c(NC(=O)CC#N)c1. The molecule has 1 amide bonds. The van der Waals surface area contributed by atoms with Gasteiger partial charge in [0.25, 0.3) is 0 Å². The first-order valence-electron chi connectivity index (χ1n) is 6.76. The molecule has 0 spiro atoms. The molecule has 6 heteroatoms. The van der Waals surface area contributed by atoms with Crippen molar-refractivity contribution >= 4 is 23.1 Å². The van der Waals surface area contributed by atoms with Crippen molar-refractivity contribution < 1.29 is 14.3 Å². The molecule has 0 aliphatic carbocycles. The number of morpholine rings is 1. The molecule has 0 bridgehead atoms. The maximum atomic E-state index is 11.7. The van der Waals surface area contributed by atoms with Crippen molar-refractivity contribution in [3.63, 3.8) is 0 Å². The summed E-state index contributed by atoms with van der Waals surface area (Å²) in [5, 5.41) is 11.3. The van der Waals surface area contributed by atoms with Crippen LogP contribution in [0, 0.1) is 11.3 Å². The summed E-state index contributed by atoms with van der Waals surface area (Å²) in [5.74, 6) is -0.452. The van der Waals surface area contributed by atoms with Crippen LogP contribution in [-0.4, -0.2) is 38.0 Å². The van der Waals surface area contributed by atoms with Gasteiger partial charge in [-0.05, 0) is 25.1 Å². The third-order valence-corrected chi connectivity index (χ3v) is 3.27. The standard InChI is InChI=1S/C15H17N3O3/c1-11(19)12-2-3-14(18-6-8-21-9-7-18)13(10-12)17-15(20)4-5-16/h2-3,10H,4,6-9H2,1H3,(H,17,20). The summed E-state index contributed by atoms with van der Waals surface area (Å²) in [6.45, 7) is 4.17. The Morgan fingerprint density at radius 1 is 1.38 bits per heavy atom. The number of hydrogen-bond donors (Lipinski definition) is 1. The summed E-state index contributed by atoms with van der Waals surface area (Å²) in [7, 11) is 0. The molecule has 1 heterocycles. The highest BCUT2D eigenvalue weighted by molar-refractivity contribution is 6.00. The fourth-order valence-corrected chi connectivity index (χ4v) is 2.20. The molecule has 1 N–H and O–H groups in total. The topological polar surface area (TPSA) is 82.4 Å². The molecule has 1 aliphatic rings. The minimum Gasteiger partial charge on any atom is -0.378 e. The number of rotatable bonds is 4. The van der Waals surface area contributed by atoms with E-state index >= 15 is 0 Å². The van der Waals surface area contributed by atoms with Gasteiger partial charge < -0.3 is 15.0 Å². The number of ketones is 1. The van der Waals surface area contributed by atoms with Crippen LogP contribution in [0.3, 0.4) is 0 Å². The van der Waals surface area contributed by atoms with Gasteiger partial charge >= 0.3 is 0 Å². The van der Waals surface area contributed by atoms with Crippen LogP contribution in [0.2, 0.25) is 0 Å². The van der Waals surface area contributed by atoms with E-state index in [1.165, 1.54) is 6.92 Å². The van der Waals surface area contributed by atoms with Crippen molar-refractivity contribution in [2.45, 2.75) is 13.3 Å². The van der Waals surface area contributed by atoms with E-state index in [1.54, 1.807) is 12.1 Å². The molecule has 0 radical (unpaired) electrons. The molecule has 0 atom stereocenters. The number of hydrogen-bond acceptors (Lipinski definition) is 5. The maximum absolute atomic E-state index is 11.7. The largest absolute Gasteiger partial charge is 0.378 e. The van der Waals surface area contributed by atoms with Gasteiger partial charge in [-0.3, -0.25) is 9.59 Å². The number of Topliss-reactive ketones (excluding diaryl/α,β-unsaturated/α-hetero) is 1. The van der Waals surface area contributed by atoms with Gasteiger partial charge in [0.1, 0.15) is 6.42 Å². The van der Waals surface area contributed by atoms with Crippen LogP contribution in [0.1, 0.15) is 23.7 Å². The van der Waals surface area contributed by atoms with Gasteiger partial charge in [-0.2, -0.15) is 5.26 Å². The average molecular weight is 287 g/mol. The van der Waals surface area contributed by atoms with Crippen LogP contribution in [-0.2, 0) is 9.53 Å². The number of ether oxygens (including phenoxy) is 1. The number of benzene rings is 1. The molecule has 6 nitrogen and oxygen atoms in total. The van der Waals surface area contributed by atoms with Crippen LogP contribution >= 0.6 is 0 Å². The second-order valence-corrected chi connectivity index (χ2v) is 4.77. The minimum absolute atomic E-state index is 0.0701. The van der Waals surface area contributed by atoms with E-state index in [0.717, 1.165) is 18.8 Å². The Balaban J connectivity index is 2.31. The lowest BCUT2D eigenvalue weighted by atomic mass is 10.1. The molecule has 1 fully saturated rings. The molecule has 2 rings (SSSR count). The van der Waals surface area contributed by atoms with Crippen molar-refractivity contribution in [2.75, 3.05) is 36.5 Å². The molecule has 1 aromatic carbocycles. The summed E-state index contributed by atoms with van der Waals surface area (Å²) in [6.07, 6.45) is -0.215. The number of nitriles is 1. The lowest BCUT2D eigenvalue weighted by Crippen LogP contribution is -2.36. The second kappa shape index (κ2) is 6.86. The zero-order chi connectivity index (χ0) is 15.2. The molecule has 0 aromatic heterocycles. The van der Waals surface area contributed by atoms with E-state index in [2.05, 4.69) is 10.2 Å². The van der Waals surface area contributed by atoms with Crippen LogP contribution < -0.4 is 10.2 Å². The summed E-state index contributed by atoms with van der Waals surface area (Å²) in [6, 6.07) is 7.03. The monoisotopic (exact) mass is 287 g/mol. The van der Waals surface area contributed by atoms with Crippen molar-refractivity contribution in [1.82, 2.24) is 0 Å². The zero-order valence-corrected chi connectivity index (χ0v) is 11.9. The Morgan fingerprint density at radius 2 is 2.10 bits per heavy atom. The van der Waals surface area contributed by atoms with Crippen LogP contribution in [0.5, 0.6) is 0 Å². The molecular weight excluding hydrogens is 270 g/mol. The molecular formula is C15H17N3O3. The van der Waals surface area contributed by atoms with Crippen LogP contribution in [0.4, 0.5) is 11.4 Å². The Morgan fingerprint density at radius 3 is 2.71 bits per heavy atom. The van der Waals surface area contributed by atoms with E-state index in [-0.39, 0.29) is 18.1 Å². The molecule has 1 saturated heterocycles. The summed E-state index contributed by atoms with van der Waals surface area (Å²) < 4.78 is 5.32. The molecule has 1 aliphatic heterocycles. The summed E-state index contributed by atoms with van der Waals surface area (Å²) in [4.78, 5) is 25.3. The van der Waals surface area contributed by atoms with Crippen molar-refractivity contribution in [1.29, 1.82) is 5.26 Å². The Kier molecular flexibility index (Phi) is 4.90. The number of nitrogens with zero attached hydrogens (tertiary/aromatic N) is 2. The van der Waals surface area contributed by atoms with Gasteiger partial charge in [-0.15, -0.1) is 0 Å². The van der Waals surface area contributed by atoms with Gasteiger partial charge in [-0.25, -0.2) is 0 Å². The van der Waals surface area contributed by atoms with Gasteiger partial charge in [0.05, 0.1) is 30.7 Å². The van der Waals surface area contributed by atoms with E-state index < -0.39 is 0 Å². The number of amides is 1. The molecule has 1 aromatic rings. The van der Waals surface area contributed by atoms with Crippen molar-refractivity contribution in [2.24, 2.45) is 0 Å². The highest BCUT2D eigenvalue weighted by Gasteiger charge is 2.17. The molecule has 21 heavy (non-hydrogen) atoms. The first-order valence-corrected chi connectivity index (χ1v) is 6.76. The first kappa shape index (κ1) is 15.0. The zero-order valence-electron chi connectivity index (χ0n) is 11.9. The van der Waals surface area contributed by atoms with E-state index in [9.17, 15) is 9.59 Å². The molecule has 0 unspecified atom stereocenters. The van der Waals surface area contributed by atoms with Crippen LogP contribution in [0.15, 0.2) is 18.2 Å². The van der Waals surface area contributed by atoms with Crippen LogP contribution in [0.25, 0.3) is 0 Å². The minimum atomic E-state index is -0.382. The third-order valence-electron chi connectivity index (χ3n) is 3.27. The van der Waals surface area contributed by atoms with Gasteiger partial charge in [0.15, 0.2) is 5.78 Å². The average Bonchev–Trinajstić information content (AvgIpc) is 2.48. The number of anilines is 2. The predicted molar refractivity (Wildman–Crippen MR) is 78.3 cm³/mol. The predicted octanol–water partition coefficient (Wildman–Crippen LogP) is 1.58. The second-order valence-electron chi connectivity index (χ2n) is 4.77. The van der Waals surface area contributed by atoms with Gasteiger partial charge in [0, 0.05) is 18.7 Å². The quantitative estimate of drug-likeness (QED) is 0.850. The Labute approximate surface area is 123 Å². The number of nitrogens with one attached hydrogen (secondary N) is 1. The Bertz CT molecular complexity index is 586. The fourth-order valence-electron chi connectivity index (χ4n) is 2.20. The maximum Gasteiger partial charge on any atom is 0.238 e. The summed E-state index contributed by atoms with van der Waals surface area (Å²) >= 11 is 0. The van der Waals surface area contributed by atoms with E-state index in [1.807, 2.05) is 12.1 Å². The molecule has 110 valence electrons. The normalized spacial score (nSPS) is 14.4. The van der Waals surface area contributed by atoms with E-state index in [4.69, 9.17) is 10.00 Å². The van der Waals surface area contributed by atoms with Crippen molar-refractivity contribution in [3.05, 3.63) is 23.8 Å². The van der Waals surface area contributed by atoms with E-state index in [0.29, 0.717) is 24.5 Å². The number of carbonyl (C=O) groups is 2. The van der Waals surface area contributed by atoms with Gasteiger partial charge in [-0.1, -0.05) is 0 Å². The lowest BCUT2D eigenvalue weighted by molar-refractivity contribution is -0.115. The highest BCUT2D eigenvalue weighted by atomic mass is 16.5. The highest BCUT2D eigenvalue weighted by Crippen LogP contribution is 2.28. The summed E-state index contributed by atoms with van der Waals surface area (Å²) in [5.41, 5.74) is 1.93. The van der Waals surface area contributed by atoms with Gasteiger partial charge in [0.2, 0.25) is 5.91 Å². The first-order chi connectivity index (χ1) is 10.1. The Hall–Kier alpha value is -2.39. The smallest absolute Gasteiger partial charge is 0.238 e. The lowest BCUT2D eigenvalue weighted by Gasteiger charge is -2.30. The fraction of sp³-hybridized carbons (Fsp3) is 0.400. The number of carbonyl (C=O) groups excluding carboxylic acids is 2. The molecule has 0 saturated carbocycles. The van der Waals surface area contributed by atoms with Crippen molar-refractivity contribution in [3.8, 4) is 6.07 Å². The third kappa shape index (κ3) is 3.80.